The molecule has 0 saturated carbocycles. The molecule has 0 bridgehead atoms. The van der Waals surface area contributed by atoms with E-state index in [0.29, 0.717) is 18.0 Å². The predicted octanol–water partition coefficient (Wildman–Crippen LogP) is 1.60. The molecule has 0 aromatic carbocycles. The van der Waals surface area contributed by atoms with Gasteiger partial charge in [0.05, 0.1) is 11.9 Å². The average molecular weight is 251 g/mol. The van der Waals surface area contributed by atoms with Crippen LogP contribution in [0.5, 0.6) is 0 Å². The van der Waals surface area contributed by atoms with Gasteiger partial charge in [-0.15, -0.1) is 0 Å². The molecule has 1 aromatic heterocycles. The third-order valence-corrected chi connectivity index (χ3v) is 3.92. The number of likely N-dealkylation sites (tertiary alicyclic amines) is 1. The summed E-state index contributed by atoms with van der Waals surface area (Å²) in [5.41, 5.74) is 1.12. The largest absolute Gasteiger partial charge is 0.478 e. The number of aryl methyl sites for hydroxylation is 1. The van der Waals surface area contributed by atoms with Gasteiger partial charge in [0.1, 0.15) is 5.56 Å². The first kappa shape index (κ1) is 13.1. The molecule has 0 spiro atoms. The molecule has 2 heterocycles. The zero-order valence-corrected chi connectivity index (χ0v) is 11.3. The molecule has 5 heteroatoms. The number of nitrogens with zero attached hydrogens (tertiary/aromatic N) is 3. The second-order valence-electron chi connectivity index (χ2n) is 5.46. The molecule has 18 heavy (non-hydrogen) atoms. The Bertz CT molecular complexity index is 439. The maximum absolute atomic E-state index is 11.1. The third kappa shape index (κ3) is 2.56. The minimum atomic E-state index is -0.891. The van der Waals surface area contributed by atoms with Crippen LogP contribution in [0.1, 0.15) is 36.3 Å². The Labute approximate surface area is 107 Å². The van der Waals surface area contributed by atoms with Crippen molar-refractivity contribution in [2.45, 2.75) is 26.8 Å². The van der Waals surface area contributed by atoms with Crippen molar-refractivity contribution in [3.8, 4) is 0 Å². The van der Waals surface area contributed by atoms with Gasteiger partial charge in [-0.2, -0.15) is 5.10 Å². The van der Waals surface area contributed by atoms with E-state index in [4.69, 9.17) is 5.11 Å². The van der Waals surface area contributed by atoms with Gasteiger partial charge in [-0.1, -0.05) is 13.8 Å². The van der Waals surface area contributed by atoms with Gasteiger partial charge in [-0.3, -0.25) is 9.58 Å². The standard InChI is InChI=1S/C13H21N3O2/c1-9(2)10-4-5-16(7-10)8-12-11(13(17)18)6-14-15(12)3/h6,9-10H,4-5,7-8H2,1-3H3,(H,17,18). The molecule has 1 aliphatic heterocycles. The minimum absolute atomic E-state index is 0.325. The first-order chi connectivity index (χ1) is 8.49. The summed E-state index contributed by atoms with van der Waals surface area (Å²) in [6.45, 7) is 7.29. The summed E-state index contributed by atoms with van der Waals surface area (Å²) < 4.78 is 1.67. The molecular formula is C13H21N3O2. The molecule has 1 aromatic rings. The number of carboxylic acids is 1. The van der Waals surface area contributed by atoms with Gasteiger partial charge in [0, 0.05) is 20.1 Å². The molecule has 1 unspecified atom stereocenters. The van der Waals surface area contributed by atoms with Crippen molar-refractivity contribution < 1.29 is 9.90 Å². The van der Waals surface area contributed by atoms with Gasteiger partial charge in [0.15, 0.2) is 0 Å². The molecule has 1 aliphatic rings. The number of carboxylic acid groups (broad SMARTS) is 1. The lowest BCUT2D eigenvalue weighted by Crippen LogP contribution is -2.24. The van der Waals surface area contributed by atoms with Crippen LogP contribution in [0.25, 0.3) is 0 Å². The maximum Gasteiger partial charge on any atom is 0.339 e. The van der Waals surface area contributed by atoms with Crippen LogP contribution in [0.3, 0.4) is 0 Å². The molecule has 2 rings (SSSR count). The number of aromatic nitrogens is 2. The highest BCUT2D eigenvalue weighted by molar-refractivity contribution is 5.88. The van der Waals surface area contributed by atoms with Crippen molar-refractivity contribution in [2.75, 3.05) is 13.1 Å². The van der Waals surface area contributed by atoms with Crippen molar-refractivity contribution in [1.29, 1.82) is 0 Å². The van der Waals surface area contributed by atoms with E-state index < -0.39 is 5.97 Å². The Kier molecular flexibility index (Phi) is 3.71. The lowest BCUT2D eigenvalue weighted by molar-refractivity contribution is 0.0694. The fourth-order valence-electron chi connectivity index (χ4n) is 2.59. The summed E-state index contributed by atoms with van der Waals surface area (Å²) in [5, 5.41) is 13.2. The molecular weight excluding hydrogens is 230 g/mol. The number of hydrogen-bond donors (Lipinski definition) is 1. The van der Waals surface area contributed by atoms with Gasteiger partial charge in [0.2, 0.25) is 0 Å². The Balaban J connectivity index is 2.07. The van der Waals surface area contributed by atoms with Gasteiger partial charge in [-0.25, -0.2) is 4.79 Å². The molecule has 1 N–H and O–H groups in total. The van der Waals surface area contributed by atoms with E-state index in [1.54, 1.807) is 11.7 Å². The number of carbonyl (C=O) groups is 1. The Morgan fingerprint density at radius 2 is 2.33 bits per heavy atom. The van der Waals surface area contributed by atoms with E-state index in [0.717, 1.165) is 24.7 Å². The molecule has 1 atom stereocenters. The highest BCUT2D eigenvalue weighted by Crippen LogP contribution is 2.25. The second-order valence-corrected chi connectivity index (χ2v) is 5.46. The van der Waals surface area contributed by atoms with Crippen LogP contribution in [0.4, 0.5) is 0 Å². The Morgan fingerprint density at radius 3 is 2.89 bits per heavy atom. The van der Waals surface area contributed by atoms with Crippen LogP contribution >= 0.6 is 0 Å². The van der Waals surface area contributed by atoms with Crippen molar-refractivity contribution >= 4 is 5.97 Å². The first-order valence-electron chi connectivity index (χ1n) is 6.45. The molecule has 5 nitrogen and oxygen atoms in total. The van der Waals surface area contributed by atoms with Gasteiger partial charge in [0.25, 0.3) is 0 Å². The molecule has 1 saturated heterocycles. The average Bonchev–Trinajstić information content (AvgIpc) is 2.88. The van der Waals surface area contributed by atoms with Crippen molar-refractivity contribution in [3.05, 3.63) is 17.5 Å². The van der Waals surface area contributed by atoms with Crippen LogP contribution in [-0.4, -0.2) is 38.8 Å². The summed E-state index contributed by atoms with van der Waals surface area (Å²) in [5.74, 6) is 0.532. The Hall–Kier alpha value is -1.36. The zero-order chi connectivity index (χ0) is 13.3. The molecule has 0 amide bonds. The lowest BCUT2D eigenvalue weighted by atomic mass is 9.95. The number of aromatic carboxylic acids is 1. The van der Waals surface area contributed by atoms with Crippen LogP contribution in [0.2, 0.25) is 0 Å². The lowest BCUT2D eigenvalue weighted by Gasteiger charge is -2.18. The summed E-state index contributed by atoms with van der Waals surface area (Å²) in [6.07, 6.45) is 2.64. The summed E-state index contributed by atoms with van der Waals surface area (Å²) in [6, 6.07) is 0. The van der Waals surface area contributed by atoms with E-state index >= 15 is 0 Å². The van der Waals surface area contributed by atoms with E-state index in [-0.39, 0.29) is 0 Å². The normalized spacial score (nSPS) is 20.8. The summed E-state index contributed by atoms with van der Waals surface area (Å²) in [7, 11) is 1.80. The fourth-order valence-corrected chi connectivity index (χ4v) is 2.59. The minimum Gasteiger partial charge on any atom is -0.478 e. The topological polar surface area (TPSA) is 58.4 Å². The van der Waals surface area contributed by atoms with Crippen LogP contribution in [-0.2, 0) is 13.6 Å². The van der Waals surface area contributed by atoms with E-state index in [2.05, 4.69) is 23.8 Å². The van der Waals surface area contributed by atoms with Gasteiger partial charge in [-0.05, 0) is 24.8 Å². The number of hydrogen-bond acceptors (Lipinski definition) is 3. The van der Waals surface area contributed by atoms with Crippen molar-refractivity contribution in [3.63, 3.8) is 0 Å². The van der Waals surface area contributed by atoms with Crippen molar-refractivity contribution in [2.24, 2.45) is 18.9 Å². The summed E-state index contributed by atoms with van der Waals surface area (Å²) in [4.78, 5) is 13.4. The van der Waals surface area contributed by atoms with E-state index in [9.17, 15) is 4.79 Å². The number of rotatable bonds is 4. The van der Waals surface area contributed by atoms with Crippen LogP contribution < -0.4 is 0 Å². The van der Waals surface area contributed by atoms with E-state index in [1.165, 1.54) is 12.6 Å². The van der Waals surface area contributed by atoms with E-state index in [1.807, 2.05) is 0 Å². The monoisotopic (exact) mass is 251 g/mol. The first-order valence-corrected chi connectivity index (χ1v) is 6.45. The zero-order valence-electron chi connectivity index (χ0n) is 11.3. The smallest absolute Gasteiger partial charge is 0.339 e. The fraction of sp³-hybridized carbons (Fsp3) is 0.692. The molecule has 0 aliphatic carbocycles. The predicted molar refractivity (Wildman–Crippen MR) is 68.4 cm³/mol. The van der Waals surface area contributed by atoms with Crippen LogP contribution in [0.15, 0.2) is 6.20 Å². The molecule has 100 valence electrons. The van der Waals surface area contributed by atoms with Gasteiger partial charge < -0.3 is 5.11 Å². The SMILES string of the molecule is CC(C)C1CCN(Cc2c(C(=O)O)cnn2C)C1. The quantitative estimate of drug-likeness (QED) is 0.883. The highest BCUT2D eigenvalue weighted by atomic mass is 16.4. The second kappa shape index (κ2) is 5.10. The van der Waals surface area contributed by atoms with Gasteiger partial charge >= 0.3 is 5.97 Å². The highest BCUT2D eigenvalue weighted by Gasteiger charge is 2.26. The molecule has 0 radical (unpaired) electrons. The van der Waals surface area contributed by atoms with Crippen molar-refractivity contribution in [1.82, 2.24) is 14.7 Å². The van der Waals surface area contributed by atoms with Crippen LogP contribution in [0, 0.1) is 11.8 Å². The maximum atomic E-state index is 11.1. The molecule has 1 fully saturated rings. The Morgan fingerprint density at radius 1 is 1.61 bits per heavy atom. The summed E-state index contributed by atoms with van der Waals surface area (Å²) >= 11 is 0. The third-order valence-electron chi connectivity index (χ3n) is 3.92.